The molecule has 0 radical (unpaired) electrons. The van der Waals surface area contributed by atoms with Crippen LogP contribution in [0.15, 0.2) is 0 Å². The molecular weight excluding hydrogens is 216 g/mol. The van der Waals surface area contributed by atoms with Crippen LogP contribution in [-0.4, -0.2) is 44.6 Å². The summed E-state index contributed by atoms with van der Waals surface area (Å²) in [4.78, 5) is 24.0. The van der Waals surface area contributed by atoms with Gasteiger partial charge in [-0.25, -0.2) is 4.79 Å². The standard InChI is InChI=1S/C9H14N2O3S/c1-9-3-2-5(10)7(12)11(9)6(4-15-9)8(13)14/h5-6H,2-4,10H2,1H3,(H,13,14)/t5-,6?,9-/m0/s1. The first-order valence-electron chi connectivity index (χ1n) is 4.91. The number of hydrogen-bond acceptors (Lipinski definition) is 4. The Kier molecular flexibility index (Phi) is 2.42. The Bertz CT molecular complexity index is 322. The third-order valence-corrected chi connectivity index (χ3v) is 4.64. The Labute approximate surface area is 92.0 Å². The average molecular weight is 230 g/mol. The van der Waals surface area contributed by atoms with Crippen molar-refractivity contribution >= 4 is 23.6 Å². The number of carboxylic acid groups (broad SMARTS) is 1. The number of carboxylic acids is 1. The van der Waals surface area contributed by atoms with Crippen molar-refractivity contribution in [2.24, 2.45) is 5.73 Å². The maximum atomic E-state index is 11.9. The van der Waals surface area contributed by atoms with Gasteiger partial charge >= 0.3 is 5.97 Å². The van der Waals surface area contributed by atoms with Crippen molar-refractivity contribution in [2.75, 3.05) is 5.75 Å². The number of aliphatic carboxylic acids is 1. The van der Waals surface area contributed by atoms with Crippen LogP contribution in [0, 0.1) is 0 Å². The van der Waals surface area contributed by atoms with Crippen LogP contribution in [0.3, 0.4) is 0 Å². The van der Waals surface area contributed by atoms with E-state index in [1.165, 1.54) is 16.7 Å². The van der Waals surface area contributed by atoms with E-state index in [0.717, 1.165) is 6.42 Å². The molecule has 0 aromatic carbocycles. The minimum Gasteiger partial charge on any atom is -0.480 e. The third-order valence-electron chi connectivity index (χ3n) is 3.13. The van der Waals surface area contributed by atoms with Crippen molar-refractivity contribution in [1.29, 1.82) is 0 Å². The topological polar surface area (TPSA) is 83.6 Å². The van der Waals surface area contributed by atoms with E-state index in [9.17, 15) is 9.59 Å². The highest BCUT2D eigenvalue weighted by atomic mass is 32.2. The second kappa shape index (κ2) is 3.38. The Morgan fingerprint density at radius 3 is 3.00 bits per heavy atom. The second-order valence-electron chi connectivity index (χ2n) is 4.19. The predicted octanol–water partition coefficient (Wildman–Crippen LogP) is -0.148. The first-order chi connectivity index (χ1) is 6.96. The van der Waals surface area contributed by atoms with E-state index in [1.807, 2.05) is 6.92 Å². The molecule has 6 heteroatoms. The highest BCUT2D eigenvalue weighted by Crippen LogP contribution is 2.45. The molecule has 0 aromatic heterocycles. The van der Waals surface area contributed by atoms with Gasteiger partial charge in [-0.1, -0.05) is 0 Å². The first kappa shape index (κ1) is 10.8. The van der Waals surface area contributed by atoms with Crippen LogP contribution in [-0.2, 0) is 9.59 Å². The molecule has 0 saturated carbocycles. The van der Waals surface area contributed by atoms with Crippen molar-refractivity contribution < 1.29 is 14.7 Å². The Morgan fingerprint density at radius 2 is 2.40 bits per heavy atom. The normalized spacial score (nSPS) is 40.4. The summed E-state index contributed by atoms with van der Waals surface area (Å²) in [6.45, 7) is 1.92. The molecule has 1 unspecified atom stereocenters. The fourth-order valence-electron chi connectivity index (χ4n) is 2.22. The fourth-order valence-corrected chi connectivity index (χ4v) is 3.65. The lowest BCUT2D eigenvalue weighted by molar-refractivity contribution is -0.153. The molecule has 0 aromatic rings. The predicted molar refractivity (Wildman–Crippen MR) is 56.3 cm³/mol. The van der Waals surface area contributed by atoms with Gasteiger partial charge in [0.25, 0.3) is 0 Å². The van der Waals surface area contributed by atoms with Crippen molar-refractivity contribution in [3.8, 4) is 0 Å². The van der Waals surface area contributed by atoms with Gasteiger partial charge in [0.15, 0.2) is 0 Å². The van der Waals surface area contributed by atoms with Crippen molar-refractivity contribution in [3.63, 3.8) is 0 Å². The van der Waals surface area contributed by atoms with Gasteiger partial charge in [0.05, 0.1) is 10.9 Å². The number of hydrogen-bond donors (Lipinski definition) is 2. The number of nitrogens with zero attached hydrogens (tertiary/aromatic N) is 1. The lowest BCUT2D eigenvalue weighted by atomic mass is 9.97. The monoisotopic (exact) mass is 230 g/mol. The summed E-state index contributed by atoms with van der Waals surface area (Å²) >= 11 is 1.54. The molecule has 3 atom stereocenters. The van der Waals surface area contributed by atoms with Crippen LogP contribution in [0.2, 0.25) is 0 Å². The lowest BCUT2D eigenvalue weighted by Crippen LogP contribution is -2.59. The Morgan fingerprint density at radius 1 is 1.73 bits per heavy atom. The van der Waals surface area contributed by atoms with Gasteiger partial charge < -0.3 is 15.7 Å². The molecular formula is C9H14N2O3S. The smallest absolute Gasteiger partial charge is 0.327 e. The molecule has 2 rings (SSSR count). The van der Waals surface area contributed by atoms with Crippen LogP contribution in [0.25, 0.3) is 0 Å². The molecule has 2 aliphatic rings. The summed E-state index contributed by atoms with van der Waals surface area (Å²) < 4.78 is 0. The van der Waals surface area contributed by atoms with E-state index < -0.39 is 18.1 Å². The van der Waals surface area contributed by atoms with Crippen LogP contribution >= 0.6 is 11.8 Å². The maximum absolute atomic E-state index is 11.9. The average Bonchev–Trinajstić information content (AvgIpc) is 2.51. The summed E-state index contributed by atoms with van der Waals surface area (Å²) in [6, 6.07) is -1.24. The molecule has 3 N–H and O–H groups in total. The Balaban J connectivity index is 2.31. The lowest BCUT2D eigenvalue weighted by Gasteiger charge is -2.42. The second-order valence-corrected chi connectivity index (χ2v) is 5.69. The Hall–Kier alpha value is -0.750. The maximum Gasteiger partial charge on any atom is 0.327 e. The SMILES string of the molecule is C[C@]12CC[C@H](N)C(=O)N1C(C(=O)O)CS2. The van der Waals surface area contributed by atoms with Gasteiger partial charge in [0, 0.05) is 5.75 Å². The number of piperidine rings is 1. The van der Waals surface area contributed by atoms with Crippen molar-refractivity contribution in [3.05, 3.63) is 0 Å². The van der Waals surface area contributed by atoms with Crippen molar-refractivity contribution in [2.45, 2.75) is 36.7 Å². The van der Waals surface area contributed by atoms with Crippen LogP contribution < -0.4 is 5.73 Å². The fraction of sp³-hybridized carbons (Fsp3) is 0.778. The zero-order chi connectivity index (χ0) is 11.2. The molecule has 2 aliphatic heterocycles. The van der Waals surface area contributed by atoms with Gasteiger partial charge in [-0.05, 0) is 19.8 Å². The number of nitrogens with two attached hydrogens (primary N) is 1. The summed E-state index contributed by atoms with van der Waals surface area (Å²) in [6.07, 6.45) is 1.42. The number of carbonyl (C=O) groups is 2. The summed E-state index contributed by atoms with van der Waals surface area (Å²) in [7, 11) is 0. The van der Waals surface area contributed by atoms with Crippen LogP contribution in [0.4, 0.5) is 0 Å². The molecule has 2 fully saturated rings. The number of thioether (sulfide) groups is 1. The summed E-state index contributed by atoms with van der Waals surface area (Å²) in [5, 5.41) is 9.02. The van der Waals surface area contributed by atoms with Crippen molar-refractivity contribution in [1.82, 2.24) is 4.90 Å². The summed E-state index contributed by atoms with van der Waals surface area (Å²) in [5.74, 6) is -0.695. The van der Waals surface area contributed by atoms with Gasteiger partial charge in [-0.3, -0.25) is 4.79 Å². The van der Waals surface area contributed by atoms with Gasteiger partial charge in [-0.15, -0.1) is 11.8 Å². The number of rotatable bonds is 1. The van der Waals surface area contributed by atoms with E-state index in [0.29, 0.717) is 12.2 Å². The highest BCUT2D eigenvalue weighted by molar-refractivity contribution is 8.00. The zero-order valence-electron chi connectivity index (χ0n) is 8.47. The van der Waals surface area contributed by atoms with E-state index in [4.69, 9.17) is 10.8 Å². The van der Waals surface area contributed by atoms with E-state index in [-0.39, 0.29) is 10.8 Å². The molecule has 5 nitrogen and oxygen atoms in total. The van der Waals surface area contributed by atoms with Gasteiger partial charge in [-0.2, -0.15) is 0 Å². The molecule has 84 valence electrons. The first-order valence-corrected chi connectivity index (χ1v) is 5.90. The van der Waals surface area contributed by atoms with E-state index in [2.05, 4.69) is 0 Å². The zero-order valence-corrected chi connectivity index (χ0v) is 9.29. The van der Waals surface area contributed by atoms with Crippen LogP contribution in [0.1, 0.15) is 19.8 Å². The number of carbonyl (C=O) groups excluding carboxylic acids is 1. The number of fused-ring (bicyclic) bond motifs is 1. The minimum atomic E-state index is -0.936. The van der Waals surface area contributed by atoms with E-state index >= 15 is 0 Å². The third kappa shape index (κ3) is 1.52. The largest absolute Gasteiger partial charge is 0.480 e. The minimum absolute atomic E-state index is 0.221. The molecule has 0 spiro atoms. The number of amides is 1. The molecule has 2 heterocycles. The molecule has 2 saturated heterocycles. The quantitative estimate of drug-likeness (QED) is 0.654. The highest BCUT2D eigenvalue weighted by Gasteiger charge is 2.52. The molecule has 1 amide bonds. The molecule has 0 bridgehead atoms. The van der Waals surface area contributed by atoms with Gasteiger partial charge in [0.2, 0.25) is 5.91 Å². The molecule has 0 aliphatic carbocycles. The molecule has 15 heavy (non-hydrogen) atoms. The van der Waals surface area contributed by atoms with Gasteiger partial charge in [0.1, 0.15) is 6.04 Å². The van der Waals surface area contributed by atoms with Crippen LogP contribution in [0.5, 0.6) is 0 Å². The van der Waals surface area contributed by atoms with E-state index in [1.54, 1.807) is 0 Å². The summed E-state index contributed by atoms with van der Waals surface area (Å²) in [5.41, 5.74) is 5.66.